The predicted octanol–water partition coefficient (Wildman–Crippen LogP) is 3.90. The minimum absolute atomic E-state index is 0.115. The molecule has 6 heteroatoms. The monoisotopic (exact) mass is 396 g/mol. The van der Waals surface area contributed by atoms with E-state index in [1.165, 1.54) is 25.7 Å². The van der Waals surface area contributed by atoms with Crippen molar-refractivity contribution in [1.29, 1.82) is 0 Å². The van der Waals surface area contributed by atoms with E-state index in [2.05, 4.69) is 13.8 Å². The molecule has 0 unspecified atom stereocenters. The highest BCUT2D eigenvalue weighted by Crippen LogP contribution is 2.48. The number of fused-ring (bicyclic) bond motifs is 1. The van der Waals surface area contributed by atoms with Crippen molar-refractivity contribution < 1.29 is 28.4 Å². The lowest BCUT2D eigenvalue weighted by molar-refractivity contribution is -0.262. The third-order valence-electron chi connectivity index (χ3n) is 6.98. The van der Waals surface area contributed by atoms with Gasteiger partial charge in [0.2, 0.25) is 0 Å². The van der Waals surface area contributed by atoms with Crippen molar-refractivity contribution in [3.05, 3.63) is 0 Å². The van der Waals surface area contributed by atoms with Crippen molar-refractivity contribution in [2.75, 3.05) is 13.2 Å². The summed E-state index contributed by atoms with van der Waals surface area (Å²) in [6.07, 6.45) is 10.1. The summed E-state index contributed by atoms with van der Waals surface area (Å²) in [5.41, 5.74) is 0. The lowest BCUT2D eigenvalue weighted by atomic mass is 9.94. The third kappa shape index (κ3) is 3.65. The van der Waals surface area contributed by atoms with E-state index in [0.29, 0.717) is 19.1 Å². The van der Waals surface area contributed by atoms with Gasteiger partial charge in [0.25, 0.3) is 0 Å². The lowest BCUT2D eigenvalue weighted by Crippen LogP contribution is -2.46. The van der Waals surface area contributed by atoms with Crippen LogP contribution < -0.4 is 0 Å². The van der Waals surface area contributed by atoms with E-state index < -0.39 is 11.6 Å². The van der Waals surface area contributed by atoms with E-state index in [1.54, 1.807) is 0 Å². The zero-order chi connectivity index (χ0) is 19.2. The van der Waals surface area contributed by atoms with E-state index in [9.17, 15) is 0 Å². The minimum Gasteiger partial charge on any atom is -0.372 e. The second-order valence-corrected chi connectivity index (χ2v) is 9.77. The molecule has 28 heavy (non-hydrogen) atoms. The summed E-state index contributed by atoms with van der Waals surface area (Å²) in [5, 5.41) is 0. The predicted molar refractivity (Wildman–Crippen MR) is 102 cm³/mol. The Kier molecular flexibility index (Phi) is 5.48. The Labute approximate surface area is 168 Å². The Morgan fingerprint density at radius 1 is 0.821 bits per heavy atom. The molecule has 2 spiro atoms. The first-order chi connectivity index (χ1) is 13.6. The fourth-order valence-electron chi connectivity index (χ4n) is 5.57. The molecule has 6 nitrogen and oxygen atoms in total. The van der Waals surface area contributed by atoms with Crippen molar-refractivity contribution in [3.63, 3.8) is 0 Å². The molecule has 5 fully saturated rings. The number of ether oxygens (including phenoxy) is 6. The van der Waals surface area contributed by atoms with Gasteiger partial charge < -0.3 is 28.4 Å². The molecule has 0 aromatic carbocycles. The molecule has 3 aliphatic heterocycles. The second-order valence-electron chi connectivity index (χ2n) is 9.77. The van der Waals surface area contributed by atoms with E-state index in [4.69, 9.17) is 28.4 Å². The first kappa shape index (κ1) is 19.7. The molecular formula is C22H36O6. The standard InChI is InChI=1S/C22H36O6/c1-15(2)13-23-18-17(16-14-24-21(26-16)9-5-3-6-10-21)25-20-19(18)27-22(28-20)11-7-4-8-12-22/h15-20H,3-14H2,1-2H3/t16-,17-,18+,19-,20-/m0/s1. The van der Waals surface area contributed by atoms with E-state index >= 15 is 0 Å². The fourth-order valence-corrected chi connectivity index (χ4v) is 5.57. The van der Waals surface area contributed by atoms with Gasteiger partial charge in [-0.1, -0.05) is 26.7 Å². The van der Waals surface area contributed by atoms with Crippen molar-refractivity contribution in [1.82, 2.24) is 0 Å². The van der Waals surface area contributed by atoms with Crippen LogP contribution in [0, 0.1) is 5.92 Å². The Bertz CT molecular complexity index is 539. The van der Waals surface area contributed by atoms with Gasteiger partial charge >= 0.3 is 0 Å². The van der Waals surface area contributed by atoms with E-state index in [1.807, 2.05) is 0 Å². The van der Waals surface area contributed by atoms with Crippen LogP contribution in [-0.4, -0.2) is 55.5 Å². The molecule has 5 rings (SSSR count). The average molecular weight is 397 g/mol. The maximum Gasteiger partial charge on any atom is 0.190 e. The molecule has 2 saturated carbocycles. The van der Waals surface area contributed by atoms with Gasteiger partial charge in [0.05, 0.1) is 6.61 Å². The summed E-state index contributed by atoms with van der Waals surface area (Å²) in [7, 11) is 0. The first-order valence-electron chi connectivity index (χ1n) is 11.5. The molecule has 160 valence electrons. The van der Waals surface area contributed by atoms with Crippen LogP contribution in [0.3, 0.4) is 0 Å². The van der Waals surface area contributed by atoms with Crippen LogP contribution in [0.4, 0.5) is 0 Å². The van der Waals surface area contributed by atoms with Crippen molar-refractivity contribution in [3.8, 4) is 0 Å². The molecule has 0 radical (unpaired) electrons. The zero-order valence-corrected chi connectivity index (χ0v) is 17.4. The second kappa shape index (κ2) is 7.78. The third-order valence-corrected chi connectivity index (χ3v) is 6.98. The molecule has 3 heterocycles. The molecule has 0 N–H and O–H groups in total. The smallest absolute Gasteiger partial charge is 0.190 e. The highest BCUT2D eigenvalue weighted by molar-refractivity contribution is 5.01. The molecule has 0 bridgehead atoms. The van der Waals surface area contributed by atoms with Gasteiger partial charge in [-0.3, -0.25) is 0 Å². The number of hydrogen-bond acceptors (Lipinski definition) is 6. The maximum absolute atomic E-state index is 6.52. The normalized spacial score (nSPS) is 41.9. The maximum atomic E-state index is 6.52. The molecule has 0 aromatic rings. The molecule has 3 saturated heterocycles. The highest BCUT2D eigenvalue weighted by atomic mass is 16.9. The molecular weight excluding hydrogens is 360 g/mol. The van der Waals surface area contributed by atoms with Gasteiger partial charge in [-0.05, 0) is 31.6 Å². The number of rotatable bonds is 4. The van der Waals surface area contributed by atoms with Crippen LogP contribution in [0.15, 0.2) is 0 Å². The summed E-state index contributed by atoms with van der Waals surface area (Å²) in [5.74, 6) is -0.412. The summed E-state index contributed by atoms with van der Waals surface area (Å²) in [6.45, 7) is 5.59. The van der Waals surface area contributed by atoms with Gasteiger partial charge in [0, 0.05) is 32.3 Å². The summed E-state index contributed by atoms with van der Waals surface area (Å²) >= 11 is 0. The summed E-state index contributed by atoms with van der Waals surface area (Å²) < 4.78 is 38.3. The largest absolute Gasteiger partial charge is 0.372 e. The van der Waals surface area contributed by atoms with Crippen LogP contribution in [0.25, 0.3) is 0 Å². The van der Waals surface area contributed by atoms with Gasteiger partial charge in [-0.25, -0.2) is 0 Å². The Morgan fingerprint density at radius 3 is 2.18 bits per heavy atom. The van der Waals surface area contributed by atoms with E-state index in [-0.39, 0.29) is 30.7 Å². The minimum atomic E-state index is -0.463. The Morgan fingerprint density at radius 2 is 1.50 bits per heavy atom. The van der Waals surface area contributed by atoms with Gasteiger partial charge in [-0.15, -0.1) is 0 Å². The van der Waals surface area contributed by atoms with Gasteiger partial charge in [0.15, 0.2) is 17.9 Å². The molecule has 5 atom stereocenters. The number of hydrogen-bond donors (Lipinski definition) is 0. The van der Waals surface area contributed by atoms with Crippen LogP contribution in [0.1, 0.15) is 78.1 Å². The van der Waals surface area contributed by atoms with Crippen molar-refractivity contribution in [2.45, 2.75) is 120 Å². The Balaban J connectivity index is 1.30. The topological polar surface area (TPSA) is 55.4 Å². The van der Waals surface area contributed by atoms with Crippen molar-refractivity contribution in [2.24, 2.45) is 5.92 Å². The van der Waals surface area contributed by atoms with Crippen LogP contribution in [0.5, 0.6) is 0 Å². The van der Waals surface area contributed by atoms with Crippen LogP contribution in [-0.2, 0) is 28.4 Å². The lowest BCUT2D eigenvalue weighted by Gasteiger charge is -2.35. The zero-order valence-electron chi connectivity index (χ0n) is 17.4. The summed E-state index contributed by atoms with van der Waals surface area (Å²) in [4.78, 5) is 0. The quantitative estimate of drug-likeness (QED) is 0.718. The van der Waals surface area contributed by atoms with Gasteiger partial charge in [-0.2, -0.15) is 0 Å². The molecule has 0 amide bonds. The average Bonchev–Trinajstić information content (AvgIpc) is 3.33. The SMILES string of the molecule is CC(C)CO[C@H]1[C@@H]2OC3(CCCCC3)O[C@@H]2O[C@H]1[C@@H]1COC2(CCCCC2)O1. The first-order valence-corrected chi connectivity index (χ1v) is 11.5. The molecule has 5 aliphatic rings. The van der Waals surface area contributed by atoms with Crippen LogP contribution in [0.2, 0.25) is 0 Å². The van der Waals surface area contributed by atoms with Crippen LogP contribution >= 0.6 is 0 Å². The van der Waals surface area contributed by atoms with E-state index in [0.717, 1.165) is 38.5 Å². The molecule has 2 aliphatic carbocycles. The highest BCUT2D eigenvalue weighted by Gasteiger charge is 2.61. The fraction of sp³-hybridized carbons (Fsp3) is 1.00. The Hall–Kier alpha value is -0.240. The van der Waals surface area contributed by atoms with Gasteiger partial charge in [0.1, 0.15) is 24.4 Å². The molecule has 0 aromatic heterocycles. The summed E-state index contributed by atoms with van der Waals surface area (Å²) in [6, 6.07) is 0. The van der Waals surface area contributed by atoms with Crippen molar-refractivity contribution >= 4 is 0 Å².